The van der Waals surface area contributed by atoms with Gasteiger partial charge in [-0.3, -0.25) is 6.29 Å². The van der Waals surface area contributed by atoms with Gasteiger partial charge in [-0.05, 0) is 0 Å². The molecular weight excluding hydrogens is 104 g/mol. The maximum atomic E-state index is 9.73. The van der Waals surface area contributed by atoms with Gasteiger partial charge in [0.05, 0.1) is 0 Å². The van der Waals surface area contributed by atoms with Gasteiger partial charge in [-0.15, -0.1) is 0 Å². The molecular formula is C5H11OSi-. The Labute approximate surface area is 45.7 Å². The number of hydrogen-bond acceptors (Lipinski definition) is 1. The van der Waals surface area contributed by atoms with Crippen molar-refractivity contribution in [1.29, 1.82) is 0 Å². The van der Waals surface area contributed by atoms with Crippen LogP contribution in [0.1, 0.15) is 0 Å². The molecule has 0 saturated heterocycles. The SMILES string of the molecule is C[Si](C)(C)C[C-]=O. The molecule has 7 heavy (non-hydrogen) atoms. The highest BCUT2D eigenvalue weighted by Gasteiger charge is 2.03. The van der Waals surface area contributed by atoms with Crippen molar-refractivity contribution in [2.75, 3.05) is 0 Å². The molecule has 0 N–H and O–H groups in total. The minimum absolute atomic E-state index is 0.674. The Morgan fingerprint density at radius 2 is 1.86 bits per heavy atom. The maximum Gasteiger partial charge on any atom is 0.0181 e. The summed E-state index contributed by atoms with van der Waals surface area (Å²) in [5.41, 5.74) is 0. The third-order valence-corrected chi connectivity index (χ3v) is 1.81. The van der Waals surface area contributed by atoms with E-state index in [-0.39, 0.29) is 0 Å². The first-order valence-electron chi connectivity index (χ1n) is 2.41. The molecule has 0 spiro atoms. The molecule has 0 bridgehead atoms. The van der Waals surface area contributed by atoms with E-state index in [1.165, 1.54) is 0 Å². The summed E-state index contributed by atoms with van der Waals surface area (Å²) in [6, 6.07) is 0.674. The van der Waals surface area contributed by atoms with Crippen LogP contribution in [-0.4, -0.2) is 14.4 Å². The van der Waals surface area contributed by atoms with Crippen molar-refractivity contribution < 1.29 is 4.79 Å². The molecule has 0 rings (SSSR count). The third kappa shape index (κ3) is 5.89. The predicted octanol–water partition coefficient (Wildman–Crippen LogP) is 1.43. The first kappa shape index (κ1) is 6.89. The van der Waals surface area contributed by atoms with Gasteiger partial charge in [-0.25, -0.2) is 0 Å². The third-order valence-electron chi connectivity index (χ3n) is 0.602. The first-order valence-corrected chi connectivity index (χ1v) is 6.12. The molecule has 0 aromatic carbocycles. The molecule has 1 nitrogen and oxygen atoms in total. The van der Waals surface area contributed by atoms with Crippen LogP contribution in [0, 0.1) is 0 Å². The Morgan fingerprint density at radius 1 is 1.43 bits per heavy atom. The molecule has 0 aliphatic heterocycles. The van der Waals surface area contributed by atoms with Crippen LogP contribution in [0.15, 0.2) is 0 Å². The molecule has 0 aliphatic carbocycles. The van der Waals surface area contributed by atoms with Crippen LogP contribution < -0.4 is 0 Å². The van der Waals surface area contributed by atoms with E-state index in [0.29, 0.717) is 6.04 Å². The minimum Gasteiger partial charge on any atom is -0.542 e. The fraction of sp³-hybridized carbons (Fsp3) is 0.800. The van der Waals surface area contributed by atoms with Crippen LogP contribution in [0.4, 0.5) is 0 Å². The molecule has 2 heteroatoms. The predicted molar refractivity (Wildman–Crippen MR) is 33.8 cm³/mol. The zero-order chi connectivity index (χ0) is 5.91. The van der Waals surface area contributed by atoms with Gasteiger partial charge in [0.15, 0.2) is 0 Å². The summed E-state index contributed by atoms with van der Waals surface area (Å²) in [5.74, 6) is 0. The van der Waals surface area contributed by atoms with E-state index < -0.39 is 8.07 Å². The highest BCUT2D eigenvalue weighted by atomic mass is 28.3. The summed E-state index contributed by atoms with van der Waals surface area (Å²) in [6.07, 6.45) is 1.92. The summed E-state index contributed by atoms with van der Waals surface area (Å²) in [7, 11) is -1.08. The zero-order valence-electron chi connectivity index (χ0n) is 5.12. The monoisotopic (exact) mass is 115 g/mol. The highest BCUT2D eigenvalue weighted by molar-refractivity contribution is 6.78. The molecule has 0 heterocycles. The van der Waals surface area contributed by atoms with Crippen LogP contribution in [0.3, 0.4) is 0 Å². The fourth-order valence-electron chi connectivity index (χ4n) is 0.217. The quantitative estimate of drug-likeness (QED) is 0.393. The second-order valence-electron chi connectivity index (χ2n) is 2.88. The van der Waals surface area contributed by atoms with Gasteiger partial charge in [0.1, 0.15) is 0 Å². The lowest BCUT2D eigenvalue weighted by molar-refractivity contribution is 0.559. The second-order valence-corrected chi connectivity index (χ2v) is 8.36. The molecule has 0 aliphatic rings. The van der Waals surface area contributed by atoms with Crippen molar-refractivity contribution in [3.63, 3.8) is 0 Å². The average Bonchev–Trinajstić information content (AvgIpc) is 1.30. The molecule has 0 amide bonds. The van der Waals surface area contributed by atoms with Crippen molar-refractivity contribution in [1.82, 2.24) is 0 Å². The molecule has 0 aromatic rings. The standard InChI is InChI=1S/C5H11OSi/c1-7(2,3)5-4-6/h5H2,1-3H3/q-1. The van der Waals surface area contributed by atoms with Crippen LogP contribution in [0.5, 0.6) is 0 Å². The Hall–Kier alpha value is -0.113. The largest absolute Gasteiger partial charge is 0.542 e. The summed E-state index contributed by atoms with van der Waals surface area (Å²) < 4.78 is 0. The van der Waals surface area contributed by atoms with Crippen LogP contribution in [0.25, 0.3) is 0 Å². The van der Waals surface area contributed by atoms with E-state index in [4.69, 9.17) is 0 Å². The Morgan fingerprint density at radius 3 is 1.86 bits per heavy atom. The summed E-state index contributed by atoms with van der Waals surface area (Å²) in [5, 5.41) is 0. The zero-order valence-corrected chi connectivity index (χ0v) is 6.12. The highest BCUT2D eigenvalue weighted by Crippen LogP contribution is 2.03. The van der Waals surface area contributed by atoms with Crippen LogP contribution >= 0.6 is 0 Å². The van der Waals surface area contributed by atoms with Crippen molar-refractivity contribution in [2.24, 2.45) is 0 Å². The van der Waals surface area contributed by atoms with Gasteiger partial charge in [0.25, 0.3) is 0 Å². The van der Waals surface area contributed by atoms with E-state index in [0.717, 1.165) is 0 Å². The molecule has 0 radical (unpaired) electrons. The van der Waals surface area contributed by atoms with Crippen LogP contribution in [0.2, 0.25) is 25.7 Å². The number of hydrogen-bond donors (Lipinski definition) is 0. The second kappa shape index (κ2) is 2.26. The van der Waals surface area contributed by atoms with Crippen molar-refractivity contribution in [2.45, 2.75) is 25.7 Å². The molecule has 42 valence electrons. The Kier molecular flexibility index (Phi) is 2.22. The number of rotatable bonds is 2. The maximum absolute atomic E-state index is 9.73. The van der Waals surface area contributed by atoms with Crippen LogP contribution in [-0.2, 0) is 4.79 Å². The van der Waals surface area contributed by atoms with Gasteiger partial charge in [-0.2, -0.15) is 6.04 Å². The van der Waals surface area contributed by atoms with E-state index >= 15 is 0 Å². The van der Waals surface area contributed by atoms with Crippen molar-refractivity contribution in [3.8, 4) is 0 Å². The summed E-state index contributed by atoms with van der Waals surface area (Å²) in [4.78, 5) is 9.73. The van der Waals surface area contributed by atoms with Gasteiger partial charge < -0.3 is 4.79 Å². The lowest BCUT2D eigenvalue weighted by Gasteiger charge is -2.15. The van der Waals surface area contributed by atoms with Crippen molar-refractivity contribution in [3.05, 3.63) is 0 Å². The summed E-state index contributed by atoms with van der Waals surface area (Å²) in [6.45, 7) is 6.45. The van der Waals surface area contributed by atoms with E-state index in [9.17, 15) is 4.79 Å². The van der Waals surface area contributed by atoms with Gasteiger partial charge in [0, 0.05) is 8.07 Å². The molecule has 0 fully saturated rings. The molecule has 0 aromatic heterocycles. The topological polar surface area (TPSA) is 17.1 Å². The van der Waals surface area contributed by atoms with Gasteiger partial charge in [-0.1, -0.05) is 19.6 Å². The normalized spacial score (nSPS) is 11.3. The van der Waals surface area contributed by atoms with Crippen molar-refractivity contribution >= 4 is 14.4 Å². The van der Waals surface area contributed by atoms with Gasteiger partial charge >= 0.3 is 0 Å². The number of carbonyl (C=O) groups excluding carboxylic acids is 1. The lowest BCUT2D eigenvalue weighted by Crippen LogP contribution is -2.18. The molecule has 0 atom stereocenters. The molecule has 0 unspecified atom stereocenters. The fourth-order valence-corrected chi connectivity index (χ4v) is 0.650. The Bertz CT molecular complexity index is 63.0. The van der Waals surface area contributed by atoms with E-state index in [1.807, 2.05) is 6.29 Å². The first-order chi connectivity index (χ1) is 3.06. The van der Waals surface area contributed by atoms with Gasteiger partial charge in [0.2, 0.25) is 0 Å². The van der Waals surface area contributed by atoms with E-state index in [1.54, 1.807) is 0 Å². The lowest BCUT2D eigenvalue weighted by atomic mass is 10.9. The summed E-state index contributed by atoms with van der Waals surface area (Å²) >= 11 is 0. The average molecular weight is 115 g/mol. The smallest absolute Gasteiger partial charge is 0.0181 e. The van der Waals surface area contributed by atoms with E-state index in [2.05, 4.69) is 19.6 Å². The minimum atomic E-state index is -1.08. The molecule has 0 saturated carbocycles. The Balaban J connectivity index is 3.34.